The number of nitrogens with zero attached hydrogens (tertiary/aromatic N) is 1. The van der Waals surface area contributed by atoms with Gasteiger partial charge in [0.15, 0.2) is 0 Å². The van der Waals surface area contributed by atoms with E-state index in [1.807, 2.05) is 18.2 Å². The Labute approximate surface area is 130 Å². The van der Waals surface area contributed by atoms with Crippen LogP contribution in [0.2, 0.25) is 0 Å². The Morgan fingerprint density at radius 3 is 2.73 bits per heavy atom. The molecule has 2 aromatic rings. The predicted molar refractivity (Wildman–Crippen MR) is 87.0 cm³/mol. The lowest BCUT2D eigenvalue weighted by Gasteiger charge is -2.09. The highest BCUT2D eigenvalue weighted by molar-refractivity contribution is 5.94. The number of pyridine rings is 1. The van der Waals surface area contributed by atoms with Gasteiger partial charge in [-0.05, 0) is 30.2 Å². The van der Waals surface area contributed by atoms with Gasteiger partial charge in [0.1, 0.15) is 5.82 Å². The van der Waals surface area contributed by atoms with Crippen molar-refractivity contribution in [2.75, 3.05) is 25.6 Å². The molecule has 1 heterocycles. The first kappa shape index (κ1) is 16.0. The summed E-state index contributed by atoms with van der Waals surface area (Å²) in [6.45, 7) is 3.77. The van der Waals surface area contributed by atoms with E-state index in [9.17, 15) is 4.79 Å². The van der Waals surface area contributed by atoms with Crippen molar-refractivity contribution in [3.05, 3.63) is 59.3 Å². The zero-order valence-corrected chi connectivity index (χ0v) is 12.9. The number of carbonyl (C=O) groups excluding carboxylic acids is 1. The van der Waals surface area contributed by atoms with Crippen LogP contribution in [0.4, 0.5) is 5.82 Å². The fraction of sp³-hybridized carbons (Fsp3) is 0.294. The number of anilines is 1. The second-order valence-corrected chi connectivity index (χ2v) is 4.96. The quantitative estimate of drug-likeness (QED) is 0.771. The number of benzene rings is 1. The third-order valence-electron chi connectivity index (χ3n) is 3.34. The number of carbonyl (C=O) groups is 1. The summed E-state index contributed by atoms with van der Waals surface area (Å²) in [4.78, 5) is 16.1. The first-order valence-corrected chi connectivity index (χ1v) is 7.22. The zero-order chi connectivity index (χ0) is 15.8. The maximum absolute atomic E-state index is 11.8. The van der Waals surface area contributed by atoms with Crippen LogP contribution < -0.4 is 10.6 Å². The number of amides is 1. The first-order chi connectivity index (χ1) is 10.7. The van der Waals surface area contributed by atoms with Crippen LogP contribution in [-0.2, 0) is 11.3 Å². The summed E-state index contributed by atoms with van der Waals surface area (Å²) in [6, 6.07) is 11.8. The molecular weight excluding hydrogens is 278 g/mol. The molecule has 0 aliphatic rings. The smallest absolute Gasteiger partial charge is 0.252 e. The van der Waals surface area contributed by atoms with Crippen LogP contribution in [-0.4, -0.2) is 31.2 Å². The maximum atomic E-state index is 11.8. The lowest BCUT2D eigenvalue weighted by Crippen LogP contribution is -2.27. The molecule has 22 heavy (non-hydrogen) atoms. The highest BCUT2D eigenvalue weighted by Gasteiger charge is 2.05. The fourth-order valence-electron chi connectivity index (χ4n) is 2.00. The Kier molecular flexibility index (Phi) is 5.91. The van der Waals surface area contributed by atoms with Gasteiger partial charge in [-0.2, -0.15) is 0 Å². The Morgan fingerprint density at radius 1 is 1.23 bits per heavy atom. The number of hydrogen-bond acceptors (Lipinski definition) is 4. The summed E-state index contributed by atoms with van der Waals surface area (Å²) >= 11 is 0. The van der Waals surface area contributed by atoms with Crippen molar-refractivity contribution >= 4 is 11.7 Å². The number of rotatable bonds is 7. The molecule has 0 fully saturated rings. The molecule has 0 saturated carbocycles. The van der Waals surface area contributed by atoms with Gasteiger partial charge in [-0.1, -0.05) is 24.3 Å². The molecule has 0 aliphatic carbocycles. The summed E-state index contributed by atoms with van der Waals surface area (Å²) in [5.41, 5.74) is 3.01. The minimum Gasteiger partial charge on any atom is -0.383 e. The molecule has 1 aromatic carbocycles. The average molecular weight is 299 g/mol. The molecule has 0 atom stereocenters. The van der Waals surface area contributed by atoms with Gasteiger partial charge in [-0.15, -0.1) is 0 Å². The molecule has 1 aromatic heterocycles. The molecule has 116 valence electrons. The van der Waals surface area contributed by atoms with Crippen LogP contribution >= 0.6 is 0 Å². The minimum absolute atomic E-state index is 0.144. The van der Waals surface area contributed by atoms with Crippen molar-refractivity contribution < 1.29 is 9.53 Å². The highest BCUT2D eigenvalue weighted by atomic mass is 16.5. The van der Waals surface area contributed by atoms with Crippen LogP contribution in [0.5, 0.6) is 0 Å². The molecule has 0 spiro atoms. The van der Waals surface area contributed by atoms with E-state index < -0.39 is 0 Å². The third kappa shape index (κ3) is 4.56. The summed E-state index contributed by atoms with van der Waals surface area (Å²) in [6.07, 6.45) is 1.57. The van der Waals surface area contributed by atoms with E-state index in [0.717, 1.165) is 5.82 Å². The molecule has 0 saturated heterocycles. The molecule has 0 unspecified atom stereocenters. The molecule has 0 radical (unpaired) electrons. The van der Waals surface area contributed by atoms with E-state index in [4.69, 9.17) is 4.74 Å². The third-order valence-corrected chi connectivity index (χ3v) is 3.34. The summed E-state index contributed by atoms with van der Waals surface area (Å²) in [7, 11) is 1.60. The molecule has 5 heteroatoms. The predicted octanol–water partition coefficient (Wildman–Crippen LogP) is 2.38. The van der Waals surface area contributed by atoms with E-state index in [1.165, 1.54) is 11.1 Å². The lowest BCUT2D eigenvalue weighted by molar-refractivity contribution is 0.0937. The number of ether oxygens (including phenoxy) is 1. The number of methoxy groups -OCH3 is 1. The number of aromatic nitrogens is 1. The van der Waals surface area contributed by atoms with Crippen molar-refractivity contribution in [2.24, 2.45) is 0 Å². The van der Waals surface area contributed by atoms with Crippen LogP contribution in [0.15, 0.2) is 42.6 Å². The van der Waals surface area contributed by atoms with Crippen molar-refractivity contribution in [1.82, 2.24) is 10.3 Å². The van der Waals surface area contributed by atoms with Gasteiger partial charge in [-0.3, -0.25) is 4.79 Å². The SMILES string of the molecule is COCCNC(=O)c1ccc(NCc2ccccc2C)nc1. The number of nitrogens with one attached hydrogen (secondary N) is 2. The standard InChI is InChI=1S/C17H21N3O2/c1-13-5-3-4-6-14(13)11-19-16-8-7-15(12-20-16)17(21)18-9-10-22-2/h3-8,12H,9-11H2,1-2H3,(H,18,21)(H,19,20). The van der Waals surface area contributed by atoms with Crippen molar-refractivity contribution in [3.63, 3.8) is 0 Å². The van der Waals surface area contributed by atoms with Gasteiger partial charge in [0, 0.05) is 26.4 Å². The van der Waals surface area contributed by atoms with Crippen molar-refractivity contribution in [2.45, 2.75) is 13.5 Å². The van der Waals surface area contributed by atoms with E-state index in [-0.39, 0.29) is 5.91 Å². The maximum Gasteiger partial charge on any atom is 0.252 e. The second-order valence-electron chi connectivity index (χ2n) is 4.96. The van der Waals surface area contributed by atoms with E-state index in [1.54, 1.807) is 19.4 Å². The van der Waals surface area contributed by atoms with Crippen LogP contribution in [0.1, 0.15) is 21.5 Å². The van der Waals surface area contributed by atoms with Gasteiger partial charge in [0.25, 0.3) is 5.91 Å². The summed E-state index contributed by atoms with van der Waals surface area (Å²) in [5.74, 6) is 0.603. The largest absolute Gasteiger partial charge is 0.383 e. The molecule has 2 N–H and O–H groups in total. The van der Waals surface area contributed by atoms with Gasteiger partial charge >= 0.3 is 0 Å². The Morgan fingerprint density at radius 2 is 2.05 bits per heavy atom. The first-order valence-electron chi connectivity index (χ1n) is 7.22. The Bertz CT molecular complexity index is 612. The Balaban J connectivity index is 1.89. The number of aryl methyl sites for hydroxylation is 1. The summed E-state index contributed by atoms with van der Waals surface area (Å²) < 4.78 is 4.89. The molecular formula is C17H21N3O2. The second kappa shape index (κ2) is 8.14. The molecule has 0 bridgehead atoms. The molecule has 0 aliphatic heterocycles. The van der Waals surface area contributed by atoms with Crippen molar-refractivity contribution in [3.8, 4) is 0 Å². The number of hydrogen-bond donors (Lipinski definition) is 2. The van der Waals surface area contributed by atoms with Crippen LogP contribution in [0.3, 0.4) is 0 Å². The van der Waals surface area contributed by atoms with Crippen molar-refractivity contribution in [1.29, 1.82) is 0 Å². The highest BCUT2D eigenvalue weighted by Crippen LogP contribution is 2.10. The van der Waals surface area contributed by atoms with Gasteiger partial charge in [-0.25, -0.2) is 4.98 Å². The Hall–Kier alpha value is -2.40. The lowest BCUT2D eigenvalue weighted by atomic mass is 10.1. The normalized spacial score (nSPS) is 10.3. The van der Waals surface area contributed by atoms with E-state index >= 15 is 0 Å². The van der Waals surface area contributed by atoms with Crippen LogP contribution in [0, 0.1) is 6.92 Å². The molecule has 5 nitrogen and oxygen atoms in total. The van der Waals surface area contributed by atoms with Gasteiger partial charge < -0.3 is 15.4 Å². The monoisotopic (exact) mass is 299 g/mol. The van der Waals surface area contributed by atoms with E-state index in [2.05, 4.69) is 34.7 Å². The fourth-order valence-corrected chi connectivity index (χ4v) is 2.00. The van der Waals surface area contributed by atoms with E-state index in [0.29, 0.717) is 25.3 Å². The molecule has 1 amide bonds. The topological polar surface area (TPSA) is 63.2 Å². The van der Waals surface area contributed by atoms with Gasteiger partial charge in [0.2, 0.25) is 0 Å². The van der Waals surface area contributed by atoms with Gasteiger partial charge in [0.05, 0.1) is 12.2 Å². The summed E-state index contributed by atoms with van der Waals surface area (Å²) in [5, 5.41) is 6.02. The zero-order valence-electron chi connectivity index (χ0n) is 12.9. The average Bonchev–Trinajstić information content (AvgIpc) is 2.55. The minimum atomic E-state index is -0.144. The van der Waals surface area contributed by atoms with Crippen LogP contribution in [0.25, 0.3) is 0 Å². The molecule has 2 rings (SSSR count).